The third-order valence-corrected chi connectivity index (χ3v) is 2.90. The minimum atomic E-state index is 0.571. The zero-order valence-corrected chi connectivity index (χ0v) is 10.7. The first-order valence-electron chi connectivity index (χ1n) is 5.54. The lowest BCUT2D eigenvalue weighted by Gasteiger charge is -2.09. The van der Waals surface area contributed by atoms with Crippen LogP contribution in [0, 0.1) is 18.3 Å². The van der Waals surface area contributed by atoms with Gasteiger partial charge in [0, 0.05) is 11.2 Å². The van der Waals surface area contributed by atoms with Gasteiger partial charge in [0.05, 0.1) is 23.5 Å². The molecule has 1 heterocycles. The van der Waals surface area contributed by atoms with Gasteiger partial charge in [0.25, 0.3) is 0 Å². The number of nitriles is 1. The van der Waals surface area contributed by atoms with Crippen molar-refractivity contribution in [1.29, 1.82) is 5.26 Å². The van der Waals surface area contributed by atoms with Crippen molar-refractivity contribution in [1.82, 2.24) is 4.98 Å². The number of hydrogen-bond acceptors (Lipinski definition) is 3. The van der Waals surface area contributed by atoms with Crippen molar-refractivity contribution in [2.45, 2.75) is 13.5 Å². The Kier molecular flexibility index (Phi) is 3.81. The molecule has 2 rings (SSSR count). The van der Waals surface area contributed by atoms with Crippen LogP contribution in [0.25, 0.3) is 0 Å². The minimum Gasteiger partial charge on any atom is -0.378 e. The van der Waals surface area contributed by atoms with Crippen molar-refractivity contribution < 1.29 is 0 Å². The Morgan fingerprint density at radius 3 is 2.94 bits per heavy atom. The number of anilines is 1. The molecule has 1 aromatic heterocycles. The van der Waals surface area contributed by atoms with Gasteiger partial charge >= 0.3 is 0 Å². The lowest BCUT2D eigenvalue weighted by molar-refractivity contribution is 1.02. The first kappa shape index (κ1) is 12.4. The SMILES string of the molecule is Cc1cccnc1CNc1cc(Cl)ccc1C#N. The molecular formula is C14H12ClN3. The van der Waals surface area contributed by atoms with Gasteiger partial charge in [-0.3, -0.25) is 4.98 Å². The Morgan fingerprint density at radius 2 is 2.22 bits per heavy atom. The fourth-order valence-electron chi connectivity index (χ4n) is 1.64. The molecule has 0 saturated carbocycles. The summed E-state index contributed by atoms with van der Waals surface area (Å²) in [6, 6.07) is 11.2. The maximum absolute atomic E-state index is 9.01. The molecule has 0 bridgehead atoms. The fourth-order valence-corrected chi connectivity index (χ4v) is 1.81. The van der Waals surface area contributed by atoms with E-state index in [0.29, 0.717) is 17.1 Å². The summed E-state index contributed by atoms with van der Waals surface area (Å²) in [6.45, 7) is 2.58. The molecule has 2 aromatic rings. The van der Waals surface area contributed by atoms with E-state index in [0.717, 1.165) is 16.9 Å². The summed E-state index contributed by atoms with van der Waals surface area (Å²) in [5.74, 6) is 0. The van der Waals surface area contributed by atoms with Gasteiger partial charge < -0.3 is 5.32 Å². The zero-order chi connectivity index (χ0) is 13.0. The van der Waals surface area contributed by atoms with E-state index in [1.807, 2.05) is 19.1 Å². The van der Waals surface area contributed by atoms with Crippen molar-refractivity contribution in [3.63, 3.8) is 0 Å². The average molecular weight is 258 g/mol. The number of pyridine rings is 1. The van der Waals surface area contributed by atoms with Crippen LogP contribution < -0.4 is 5.32 Å². The smallest absolute Gasteiger partial charge is 0.101 e. The highest BCUT2D eigenvalue weighted by atomic mass is 35.5. The van der Waals surface area contributed by atoms with Crippen molar-refractivity contribution in [2.24, 2.45) is 0 Å². The largest absolute Gasteiger partial charge is 0.378 e. The molecule has 0 unspecified atom stereocenters. The normalized spacial score (nSPS) is 9.83. The van der Waals surface area contributed by atoms with Gasteiger partial charge in [0.1, 0.15) is 6.07 Å². The third-order valence-electron chi connectivity index (χ3n) is 2.67. The van der Waals surface area contributed by atoms with E-state index >= 15 is 0 Å². The highest BCUT2D eigenvalue weighted by Gasteiger charge is 2.04. The fraction of sp³-hybridized carbons (Fsp3) is 0.143. The molecule has 4 heteroatoms. The van der Waals surface area contributed by atoms with E-state index in [4.69, 9.17) is 16.9 Å². The molecular weight excluding hydrogens is 246 g/mol. The van der Waals surface area contributed by atoms with Crippen molar-refractivity contribution in [3.05, 3.63) is 58.4 Å². The van der Waals surface area contributed by atoms with Crippen LogP contribution in [0.1, 0.15) is 16.8 Å². The monoisotopic (exact) mass is 257 g/mol. The van der Waals surface area contributed by atoms with Crippen LogP contribution in [-0.4, -0.2) is 4.98 Å². The lowest BCUT2D eigenvalue weighted by Crippen LogP contribution is -2.04. The molecule has 1 aromatic carbocycles. The molecule has 1 N–H and O–H groups in total. The van der Waals surface area contributed by atoms with Crippen LogP contribution in [-0.2, 0) is 6.54 Å². The van der Waals surface area contributed by atoms with Crippen LogP contribution in [0.15, 0.2) is 36.5 Å². The summed E-state index contributed by atoms with van der Waals surface area (Å²) in [4.78, 5) is 4.29. The van der Waals surface area contributed by atoms with E-state index in [-0.39, 0.29) is 0 Å². The Balaban J connectivity index is 2.18. The van der Waals surface area contributed by atoms with Gasteiger partial charge in [-0.2, -0.15) is 5.26 Å². The first-order valence-corrected chi connectivity index (χ1v) is 5.92. The maximum Gasteiger partial charge on any atom is 0.101 e. The Morgan fingerprint density at radius 1 is 1.39 bits per heavy atom. The van der Waals surface area contributed by atoms with Gasteiger partial charge in [-0.25, -0.2) is 0 Å². The molecule has 0 amide bonds. The number of benzene rings is 1. The van der Waals surface area contributed by atoms with Gasteiger partial charge in [-0.05, 0) is 36.8 Å². The maximum atomic E-state index is 9.01. The standard InChI is InChI=1S/C14H12ClN3/c1-10-3-2-6-17-14(10)9-18-13-7-12(15)5-4-11(13)8-16/h2-7,18H,9H2,1H3. The Hall–Kier alpha value is -2.05. The Labute approximate surface area is 111 Å². The molecule has 0 spiro atoms. The van der Waals surface area contributed by atoms with E-state index < -0.39 is 0 Å². The second kappa shape index (κ2) is 5.52. The summed E-state index contributed by atoms with van der Waals surface area (Å²) in [5.41, 5.74) is 3.38. The number of nitrogens with one attached hydrogen (secondary N) is 1. The summed E-state index contributed by atoms with van der Waals surface area (Å²) in [7, 11) is 0. The van der Waals surface area contributed by atoms with E-state index in [1.54, 1.807) is 24.4 Å². The van der Waals surface area contributed by atoms with Crippen LogP contribution in [0.4, 0.5) is 5.69 Å². The lowest BCUT2D eigenvalue weighted by atomic mass is 10.1. The molecule has 0 radical (unpaired) electrons. The van der Waals surface area contributed by atoms with Crippen molar-refractivity contribution >= 4 is 17.3 Å². The van der Waals surface area contributed by atoms with Gasteiger partial charge in [-0.15, -0.1) is 0 Å². The summed E-state index contributed by atoms with van der Waals surface area (Å²) in [6.07, 6.45) is 1.76. The number of rotatable bonds is 3. The predicted molar refractivity (Wildman–Crippen MR) is 72.5 cm³/mol. The minimum absolute atomic E-state index is 0.571. The molecule has 0 saturated heterocycles. The third kappa shape index (κ3) is 2.79. The van der Waals surface area contributed by atoms with Crippen LogP contribution in [0.2, 0.25) is 5.02 Å². The highest BCUT2D eigenvalue weighted by molar-refractivity contribution is 6.30. The van der Waals surface area contributed by atoms with Gasteiger partial charge in [0.2, 0.25) is 0 Å². The van der Waals surface area contributed by atoms with Crippen LogP contribution in [0.3, 0.4) is 0 Å². The predicted octanol–water partition coefficient (Wildman–Crippen LogP) is 3.53. The topological polar surface area (TPSA) is 48.7 Å². The Bertz CT molecular complexity index is 602. The number of hydrogen-bond donors (Lipinski definition) is 1. The van der Waals surface area contributed by atoms with Crippen LogP contribution >= 0.6 is 11.6 Å². The molecule has 0 fully saturated rings. The highest BCUT2D eigenvalue weighted by Crippen LogP contribution is 2.21. The van der Waals surface area contributed by atoms with Crippen molar-refractivity contribution in [3.8, 4) is 6.07 Å². The number of halogens is 1. The molecule has 0 aliphatic carbocycles. The van der Waals surface area contributed by atoms with E-state index in [2.05, 4.69) is 16.4 Å². The quantitative estimate of drug-likeness (QED) is 0.915. The number of nitrogens with zero attached hydrogens (tertiary/aromatic N) is 2. The van der Waals surface area contributed by atoms with Gasteiger partial charge in [0.15, 0.2) is 0 Å². The average Bonchev–Trinajstić information content (AvgIpc) is 2.38. The summed E-state index contributed by atoms with van der Waals surface area (Å²) < 4.78 is 0. The number of aryl methyl sites for hydroxylation is 1. The molecule has 0 atom stereocenters. The molecule has 0 aliphatic rings. The number of aromatic nitrogens is 1. The van der Waals surface area contributed by atoms with Crippen LogP contribution in [0.5, 0.6) is 0 Å². The molecule has 90 valence electrons. The summed E-state index contributed by atoms with van der Waals surface area (Å²) >= 11 is 5.92. The molecule has 0 aliphatic heterocycles. The van der Waals surface area contributed by atoms with E-state index in [1.165, 1.54) is 0 Å². The second-order valence-corrected chi connectivity index (χ2v) is 4.36. The second-order valence-electron chi connectivity index (χ2n) is 3.92. The van der Waals surface area contributed by atoms with Crippen molar-refractivity contribution in [2.75, 3.05) is 5.32 Å². The first-order chi connectivity index (χ1) is 8.70. The summed E-state index contributed by atoms with van der Waals surface area (Å²) in [5, 5.41) is 12.8. The van der Waals surface area contributed by atoms with Gasteiger partial charge in [-0.1, -0.05) is 17.7 Å². The zero-order valence-electron chi connectivity index (χ0n) is 9.94. The molecule has 18 heavy (non-hydrogen) atoms. The van der Waals surface area contributed by atoms with E-state index in [9.17, 15) is 0 Å². The molecule has 3 nitrogen and oxygen atoms in total.